The molecule has 2 amide bonds. The zero-order valence-corrected chi connectivity index (χ0v) is 14.4. The molecule has 5 heteroatoms. The van der Waals surface area contributed by atoms with Gasteiger partial charge in [-0.05, 0) is 17.2 Å². The average Bonchev–Trinajstić information content (AvgIpc) is 3.33. The molecule has 0 aliphatic carbocycles. The molecule has 0 bridgehead atoms. The minimum Gasteiger partial charge on any atom is -0.351 e. The Bertz CT molecular complexity index is 882. The molecule has 0 unspecified atom stereocenters. The number of benzene rings is 2. The molecule has 5 rings (SSSR count). The van der Waals surface area contributed by atoms with Gasteiger partial charge in [0.15, 0.2) is 5.72 Å². The van der Waals surface area contributed by atoms with Gasteiger partial charge in [0.2, 0.25) is 5.91 Å². The van der Waals surface area contributed by atoms with E-state index in [0.29, 0.717) is 38.1 Å². The van der Waals surface area contributed by atoms with E-state index in [0.717, 1.165) is 11.1 Å². The van der Waals surface area contributed by atoms with Gasteiger partial charge in [0.05, 0.1) is 19.1 Å². The molecule has 1 spiro atoms. The number of likely N-dealkylation sites (tertiary alicyclic amines) is 1. The third-order valence-electron chi connectivity index (χ3n) is 5.90. The molecule has 26 heavy (non-hydrogen) atoms. The van der Waals surface area contributed by atoms with Gasteiger partial charge >= 0.3 is 0 Å². The molecule has 2 atom stereocenters. The molecule has 0 saturated carbocycles. The van der Waals surface area contributed by atoms with Gasteiger partial charge in [0.1, 0.15) is 0 Å². The highest BCUT2D eigenvalue weighted by atomic mass is 16.5. The summed E-state index contributed by atoms with van der Waals surface area (Å²) < 4.78 is 6.00. The first kappa shape index (κ1) is 15.6. The van der Waals surface area contributed by atoms with Crippen LogP contribution < -0.4 is 0 Å². The highest BCUT2D eigenvalue weighted by molar-refractivity contribution is 6.01. The second kappa shape index (κ2) is 5.68. The predicted octanol–water partition coefficient (Wildman–Crippen LogP) is 2.53. The lowest BCUT2D eigenvalue weighted by molar-refractivity contribution is -0.136. The molecular weight excluding hydrogens is 328 g/mol. The summed E-state index contributed by atoms with van der Waals surface area (Å²) in [5.74, 6) is 0.0813. The molecule has 0 aromatic heterocycles. The molecule has 3 aliphatic heterocycles. The van der Waals surface area contributed by atoms with E-state index in [9.17, 15) is 9.59 Å². The smallest absolute Gasteiger partial charge is 0.254 e. The normalized spacial score (nSPS) is 26.9. The van der Waals surface area contributed by atoms with Crippen LogP contribution in [-0.2, 0) is 9.53 Å². The molecule has 3 aliphatic rings. The van der Waals surface area contributed by atoms with E-state index in [-0.39, 0.29) is 17.9 Å². The minimum atomic E-state index is -0.589. The second-order valence-corrected chi connectivity index (χ2v) is 7.12. The van der Waals surface area contributed by atoms with Crippen molar-refractivity contribution in [2.24, 2.45) is 0 Å². The summed E-state index contributed by atoms with van der Waals surface area (Å²) >= 11 is 0. The van der Waals surface area contributed by atoms with Crippen molar-refractivity contribution in [3.05, 3.63) is 60.2 Å². The van der Waals surface area contributed by atoms with Crippen LogP contribution in [0.25, 0.3) is 11.1 Å². The van der Waals surface area contributed by atoms with Crippen molar-refractivity contribution in [2.75, 3.05) is 19.7 Å². The van der Waals surface area contributed by atoms with Gasteiger partial charge in [-0.15, -0.1) is 0 Å². The lowest BCUT2D eigenvalue weighted by Gasteiger charge is -2.31. The van der Waals surface area contributed by atoms with E-state index in [1.807, 2.05) is 64.4 Å². The lowest BCUT2D eigenvalue weighted by atomic mass is 9.98. The fraction of sp³-hybridized carbons (Fsp3) is 0.333. The summed E-state index contributed by atoms with van der Waals surface area (Å²) in [4.78, 5) is 29.5. The van der Waals surface area contributed by atoms with Gasteiger partial charge in [-0.2, -0.15) is 0 Å². The first-order chi connectivity index (χ1) is 12.7. The van der Waals surface area contributed by atoms with Gasteiger partial charge in [-0.25, -0.2) is 0 Å². The van der Waals surface area contributed by atoms with Crippen molar-refractivity contribution in [3.8, 4) is 11.1 Å². The number of carbonyl (C=O) groups is 2. The highest BCUT2D eigenvalue weighted by Gasteiger charge is 2.62. The first-order valence-electron chi connectivity index (χ1n) is 9.10. The van der Waals surface area contributed by atoms with Crippen LogP contribution in [0.3, 0.4) is 0 Å². The Hall–Kier alpha value is -2.66. The molecule has 3 fully saturated rings. The number of ether oxygens (including phenoxy) is 1. The molecule has 132 valence electrons. The Morgan fingerprint density at radius 2 is 1.81 bits per heavy atom. The fourth-order valence-electron chi connectivity index (χ4n) is 4.73. The van der Waals surface area contributed by atoms with Crippen molar-refractivity contribution in [3.63, 3.8) is 0 Å². The third-order valence-corrected chi connectivity index (χ3v) is 5.90. The van der Waals surface area contributed by atoms with Crippen LogP contribution in [0.15, 0.2) is 54.6 Å². The fourth-order valence-corrected chi connectivity index (χ4v) is 4.73. The molecule has 5 nitrogen and oxygen atoms in total. The summed E-state index contributed by atoms with van der Waals surface area (Å²) in [5.41, 5.74) is 2.04. The largest absolute Gasteiger partial charge is 0.351 e. The summed E-state index contributed by atoms with van der Waals surface area (Å²) in [6.07, 6.45) is 1.06. The van der Waals surface area contributed by atoms with E-state index in [1.54, 1.807) is 0 Å². The molecule has 2 aromatic rings. The van der Waals surface area contributed by atoms with Crippen molar-refractivity contribution >= 4 is 11.8 Å². The predicted molar refractivity (Wildman–Crippen MR) is 96.3 cm³/mol. The van der Waals surface area contributed by atoms with E-state index >= 15 is 0 Å². The standard InChI is InChI=1S/C21H20N2O3/c24-19-14-18-21(23(19)12-13-26-21)10-11-22(18)20(25)17-9-5-4-8-16(17)15-6-2-1-3-7-15/h1-9,18H,10-14H2/t18-,21+/m1/s1. The SMILES string of the molecule is O=C(c1ccccc1-c1ccccc1)N1CC[C@@]23OCCN2C(=O)C[C@@H]13. The van der Waals surface area contributed by atoms with Crippen molar-refractivity contribution in [2.45, 2.75) is 24.6 Å². The van der Waals surface area contributed by atoms with Crippen LogP contribution in [0.2, 0.25) is 0 Å². The number of hydrogen-bond acceptors (Lipinski definition) is 3. The average molecular weight is 348 g/mol. The van der Waals surface area contributed by atoms with E-state index in [1.165, 1.54) is 0 Å². The van der Waals surface area contributed by atoms with Gasteiger partial charge in [0, 0.05) is 25.1 Å². The lowest BCUT2D eigenvalue weighted by Crippen LogP contribution is -2.48. The van der Waals surface area contributed by atoms with Crippen LogP contribution >= 0.6 is 0 Å². The Morgan fingerprint density at radius 1 is 1.04 bits per heavy atom. The highest BCUT2D eigenvalue weighted by Crippen LogP contribution is 2.46. The van der Waals surface area contributed by atoms with Gasteiger partial charge < -0.3 is 14.5 Å². The number of amides is 2. The van der Waals surface area contributed by atoms with Gasteiger partial charge in [-0.1, -0.05) is 48.5 Å². The van der Waals surface area contributed by atoms with Gasteiger partial charge in [0.25, 0.3) is 5.91 Å². The molecule has 2 aromatic carbocycles. The van der Waals surface area contributed by atoms with E-state index in [4.69, 9.17) is 4.74 Å². The molecular formula is C21H20N2O3. The Morgan fingerprint density at radius 3 is 2.65 bits per heavy atom. The summed E-state index contributed by atoms with van der Waals surface area (Å²) in [6.45, 7) is 1.82. The van der Waals surface area contributed by atoms with Crippen LogP contribution in [-0.4, -0.2) is 53.1 Å². The monoisotopic (exact) mass is 348 g/mol. The maximum absolute atomic E-state index is 13.4. The quantitative estimate of drug-likeness (QED) is 0.838. The molecule has 0 radical (unpaired) electrons. The van der Waals surface area contributed by atoms with E-state index < -0.39 is 5.72 Å². The zero-order valence-electron chi connectivity index (χ0n) is 14.4. The van der Waals surface area contributed by atoms with Crippen molar-refractivity contribution in [1.82, 2.24) is 9.80 Å². The van der Waals surface area contributed by atoms with Crippen LogP contribution in [0.5, 0.6) is 0 Å². The van der Waals surface area contributed by atoms with Crippen LogP contribution in [0, 0.1) is 0 Å². The van der Waals surface area contributed by atoms with Crippen molar-refractivity contribution < 1.29 is 14.3 Å². The number of carbonyl (C=O) groups excluding carboxylic acids is 2. The number of rotatable bonds is 2. The van der Waals surface area contributed by atoms with Gasteiger partial charge in [-0.3, -0.25) is 9.59 Å². The summed E-state index contributed by atoms with van der Waals surface area (Å²) in [6, 6.07) is 17.4. The van der Waals surface area contributed by atoms with Crippen LogP contribution in [0.4, 0.5) is 0 Å². The van der Waals surface area contributed by atoms with E-state index in [2.05, 4.69) is 0 Å². The van der Waals surface area contributed by atoms with Crippen molar-refractivity contribution in [1.29, 1.82) is 0 Å². The maximum Gasteiger partial charge on any atom is 0.254 e. The summed E-state index contributed by atoms with van der Waals surface area (Å²) in [5, 5.41) is 0. The zero-order chi connectivity index (χ0) is 17.7. The Labute approximate surface area is 152 Å². The number of hydrogen-bond donors (Lipinski definition) is 0. The maximum atomic E-state index is 13.4. The van der Waals surface area contributed by atoms with Crippen LogP contribution in [0.1, 0.15) is 23.2 Å². The molecule has 3 saturated heterocycles. The topological polar surface area (TPSA) is 49.9 Å². The Kier molecular flexibility index (Phi) is 3.40. The Balaban J connectivity index is 1.52. The molecule has 3 heterocycles. The first-order valence-corrected chi connectivity index (χ1v) is 9.10. The minimum absolute atomic E-state index is 0.0171. The summed E-state index contributed by atoms with van der Waals surface area (Å²) in [7, 11) is 0. The number of nitrogens with zero attached hydrogens (tertiary/aromatic N) is 2. The second-order valence-electron chi connectivity index (χ2n) is 7.12. The molecule has 0 N–H and O–H groups in total. The third kappa shape index (κ3) is 2.07.